The van der Waals surface area contributed by atoms with Gasteiger partial charge < -0.3 is 10.8 Å². The van der Waals surface area contributed by atoms with Crippen LogP contribution in [0.25, 0.3) is 0 Å². The molecule has 3 N–H and O–H groups in total. The molecule has 0 heterocycles. The van der Waals surface area contributed by atoms with E-state index in [4.69, 9.17) is 17.3 Å². The molecule has 2 nitrogen and oxygen atoms in total. The lowest BCUT2D eigenvalue weighted by atomic mass is 9.77. The molecule has 17 heavy (non-hydrogen) atoms. The maximum Gasteiger partial charge on any atom is 0.0858 e. The molecule has 1 aliphatic rings. The predicted molar refractivity (Wildman–Crippen MR) is 74.1 cm³/mol. The van der Waals surface area contributed by atoms with Crippen LogP contribution in [0, 0.1) is 5.41 Å². The molecule has 4 heteroatoms. The van der Waals surface area contributed by atoms with E-state index in [0.717, 1.165) is 35.7 Å². The Morgan fingerprint density at radius 1 is 1.41 bits per heavy atom. The second-order valence-corrected chi connectivity index (χ2v) is 6.11. The Bertz CT molecular complexity index is 404. The fourth-order valence-corrected chi connectivity index (χ4v) is 3.22. The largest absolute Gasteiger partial charge is 0.388 e. The van der Waals surface area contributed by atoms with Crippen LogP contribution in [0.15, 0.2) is 22.7 Å². The van der Waals surface area contributed by atoms with Crippen molar-refractivity contribution in [3.63, 3.8) is 0 Å². The number of aliphatic hydroxyl groups is 1. The Kier molecular flexibility index (Phi) is 4.14. The summed E-state index contributed by atoms with van der Waals surface area (Å²) in [6.45, 7) is 0.536. The molecule has 1 saturated carbocycles. The second-order valence-electron chi connectivity index (χ2n) is 4.85. The number of halogens is 2. The molecular formula is C13H17BrClNO. The highest BCUT2D eigenvalue weighted by atomic mass is 79.9. The van der Waals surface area contributed by atoms with Gasteiger partial charge in [-0.05, 0) is 46.5 Å². The molecule has 1 aliphatic carbocycles. The lowest BCUT2D eigenvalue weighted by Crippen LogP contribution is -2.34. The van der Waals surface area contributed by atoms with E-state index in [1.54, 1.807) is 0 Å². The molecule has 0 aromatic heterocycles. The summed E-state index contributed by atoms with van der Waals surface area (Å²) in [6, 6.07) is 5.58. The highest BCUT2D eigenvalue weighted by Gasteiger charge is 2.40. The quantitative estimate of drug-likeness (QED) is 0.893. The number of rotatable bonds is 3. The molecule has 0 saturated heterocycles. The van der Waals surface area contributed by atoms with E-state index >= 15 is 0 Å². The number of benzene rings is 1. The molecule has 1 fully saturated rings. The minimum absolute atomic E-state index is 0.146. The first-order valence-corrected chi connectivity index (χ1v) is 7.09. The van der Waals surface area contributed by atoms with Crippen LogP contribution < -0.4 is 5.73 Å². The van der Waals surface area contributed by atoms with Crippen molar-refractivity contribution in [2.75, 3.05) is 6.54 Å². The number of nitrogens with two attached hydrogens (primary N) is 1. The van der Waals surface area contributed by atoms with E-state index in [2.05, 4.69) is 15.9 Å². The molecule has 0 amide bonds. The molecule has 0 radical (unpaired) electrons. The molecule has 0 spiro atoms. The van der Waals surface area contributed by atoms with Crippen LogP contribution >= 0.6 is 27.5 Å². The minimum Gasteiger partial charge on any atom is -0.388 e. The van der Waals surface area contributed by atoms with Crippen LogP contribution in [0.3, 0.4) is 0 Å². The van der Waals surface area contributed by atoms with Gasteiger partial charge in [-0.15, -0.1) is 0 Å². The van der Waals surface area contributed by atoms with Crippen molar-refractivity contribution < 1.29 is 5.11 Å². The summed E-state index contributed by atoms with van der Waals surface area (Å²) in [6.07, 6.45) is 3.82. The van der Waals surface area contributed by atoms with Crippen molar-refractivity contribution in [3.05, 3.63) is 33.3 Å². The van der Waals surface area contributed by atoms with E-state index in [-0.39, 0.29) is 5.41 Å². The first-order valence-electron chi connectivity index (χ1n) is 5.92. The maximum atomic E-state index is 10.5. The maximum absolute atomic E-state index is 10.5. The SMILES string of the molecule is NCC1(C(O)c2ccc(Cl)c(Br)c2)CCCC1. The van der Waals surface area contributed by atoms with E-state index in [0.29, 0.717) is 11.6 Å². The van der Waals surface area contributed by atoms with Gasteiger partial charge in [0.1, 0.15) is 0 Å². The van der Waals surface area contributed by atoms with Gasteiger partial charge in [0.05, 0.1) is 11.1 Å². The zero-order valence-electron chi connectivity index (χ0n) is 9.63. The summed E-state index contributed by atoms with van der Waals surface area (Å²) < 4.78 is 0.820. The average molecular weight is 319 g/mol. The van der Waals surface area contributed by atoms with Crippen molar-refractivity contribution in [1.82, 2.24) is 0 Å². The van der Waals surface area contributed by atoms with Gasteiger partial charge >= 0.3 is 0 Å². The Balaban J connectivity index is 2.29. The molecule has 1 unspecified atom stereocenters. The first-order chi connectivity index (χ1) is 8.09. The summed E-state index contributed by atoms with van der Waals surface area (Å²) >= 11 is 9.35. The van der Waals surface area contributed by atoms with E-state index < -0.39 is 6.10 Å². The summed E-state index contributed by atoms with van der Waals surface area (Å²) in [5.41, 5.74) is 6.63. The van der Waals surface area contributed by atoms with Crippen molar-refractivity contribution in [2.45, 2.75) is 31.8 Å². The van der Waals surface area contributed by atoms with Gasteiger partial charge in [0.2, 0.25) is 0 Å². The van der Waals surface area contributed by atoms with Gasteiger partial charge in [0.15, 0.2) is 0 Å². The third kappa shape index (κ3) is 2.53. The van der Waals surface area contributed by atoms with Crippen LogP contribution in [0.4, 0.5) is 0 Å². The van der Waals surface area contributed by atoms with Gasteiger partial charge in [-0.3, -0.25) is 0 Å². The lowest BCUT2D eigenvalue weighted by molar-refractivity contribution is 0.0333. The van der Waals surface area contributed by atoms with Gasteiger partial charge in [0.25, 0.3) is 0 Å². The summed E-state index contributed by atoms with van der Waals surface area (Å²) in [7, 11) is 0. The van der Waals surface area contributed by atoms with Gasteiger partial charge in [-0.25, -0.2) is 0 Å². The van der Waals surface area contributed by atoms with Gasteiger partial charge in [0, 0.05) is 16.4 Å². The van der Waals surface area contributed by atoms with Gasteiger partial charge in [-0.1, -0.05) is 30.5 Å². The Labute approximate surface area is 115 Å². The zero-order valence-corrected chi connectivity index (χ0v) is 12.0. The monoisotopic (exact) mass is 317 g/mol. The van der Waals surface area contributed by atoms with Crippen LogP contribution in [0.1, 0.15) is 37.4 Å². The summed E-state index contributed by atoms with van der Waals surface area (Å²) in [4.78, 5) is 0. The molecule has 2 rings (SSSR count). The third-order valence-electron chi connectivity index (χ3n) is 3.85. The van der Waals surface area contributed by atoms with Crippen LogP contribution in [-0.4, -0.2) is 11.7 Å². The summed E-state index contributed by atoms with van der Waals surface area (Å²) in [5.74, 6) is 0. The molecule has 1 aromatic carbocycles. The van der Waals surface area contributed by atoms with Crippen molar-refractivity contribution in [3.8, 4) is 0 Å². The van der Waals surface area contributed by atoms with E-state index in [9.17, 15) is 5.11 Å². The minimum atomic E-state index is -0.497. The van der Waals surface area contributed by atoms with E-state index in [1.807, 2.05) is 18.2 Å². The molecule has 0 bridgehead atoms. The van der Waals surface area contributed by atoms with Crippen molar-refractivity contribution >= 4 is 27.5 Å². The zero-order chi connectivity index (χ0) is 12.5. The number of hydrogen-bond acceptors (Lipinski definition) is 2. The molecule has 0 aliphatic heterocycles. The smallest absolute Gasteiger partial charge is 0.0858 e. The third-order valence-corrected chi connectivity index (χ3v) is 5.06. The molecule has 1 aromatic rings. The van der Waals surface area contributed by atoms with Crippen LogP contribution in [0.2, 0.25) is 5.02 Å². The highest BCUT2D eigenvalue weighted by Crippen LogP contribution is 2.47. The van der Waals surface area contributed by atoms with Crippen LogP contribution in [0.5, 0.6) is 0 Å². The first kappa shape index (κ1) is 13.3. The second kappa shape index (κ2) is 5.27. The Morgan fingerprint density at radius 2 is 2.06 bits per heavy atom. The van der Waals surface area contributed by atoms with Crippen LogP contribution in [-0.2, 0) is 0 Å². The lowest BCUT2D eigenvalue weighted by Gasteiger charge is -2.33. The number of hydrogen-bond donors (Lipinski definition) is 2. The molecule has 1 atom stereocenters. The topological polar surface area (TPSA) is 46.2 Å². The fraction of sp³-hybridized carbons (Fsp3) is 0.538. The average Bonchev–Trinajstić information content (AvgIpc) is 2.81. The normalized spacial score (nSPS) is 20.5. The summed E-state index contributed by atoms with van der Waals surface area (Å²) in [5, 5.41) is 11.2. The fourth-order valence-electron chi connectivity index (χ4n) is 2.70. The van der Waals surface area contributed by atoms with Gasteiger partial charge in [-0.2, -0.15) is 0 Å². The Hall–Kier alpha value is -0.0900. The predicted octanol–water partition coefficient (Wildman–Crippen LogP) is 3.66. The highest BCUT2D eigenvalue weighted by molar-refractivity contribution is 9.10. The standard InChI is InChI=1S/C13H17BrClNO/c14-10-7-9(3-4-11(10)15)12(17)13(8-16)5-1-2-6-13/h3-4,7,12,17H,1-2,5-6,8,16H2. The van der Waals surface area contributed by atoms with Crippen molar-refractivity contribution in [1.29, 1.82) is 0 Å². The molecular weight excluding hydrogens is 302 g/mol. The number of aliphatic hydroxyl groups excluding tert-OH is 1. The van der Waals surface area contributed by atoms with Crippen molar-refractivity contribution in [2.24, 2.45) is 11.1 Å². The van der Waals surface area contributed by atoms with E-state index in [1.165, 1.54) is 0 Å². The Morgan fingerprint density at radius 3 is 2.59 bits per heavy atom. The molecule has 94 valence electrons.